The Morgan fingerprint density at radius 2 is 2.14 bits per heavy atom. The number of hydrogen-bond donors (Lipinski definition) is 1. The van der Waals surface area contributed by atoms with Crippen LogP contribution in [-0.2, 0) is 15.3 Å². The molecular formula is C15H22N2O4S. The molecule has 122 valence electrons. The number of carbonyl (C=O) groups excluding carboxylic acids is 1. The van der Waals surface area contributed by atoms with Crippen molar-refractivity contribution in [3.8, 4) is 0 Å². The molecule has 1 saturated heterocycles. The predicted molar refractivity (Wildman–Crippen MR) is 83.6 cm³/mol. The highest BCUT2D eigenvalue weighted by Crippen LogP contribution is 2.24. The first-order valence-electron chi connectivity index (χ1n) is 7.38. The molecule has 0 aromatic carbocycles. The van der Waals surface area contributed by atoms with Crippen LogP contribution in [0, 0.1) is 25.7 Å². The molecule has 1 aliphatic rings. The van der Waals surface area contributed by atoms with E-state index in [1.54, 1.807) is 4.90 Å². The number of amides is 1. The quantitative estimate of drug-likeness (QED) is 0.892. The van der Waals surface area contributed by atoms with Crippen LogP contribution in [0.15, 0.2) is 4.52 Å². The number of aromatic nitrogens is 1. The van der Waals surface area contributed by atoms with Gasteiger partial charge in [-0.3, -0.25) is 9.59 Å². The Kier molecular flexibility index (Phi) is 5.50. The lowest BCUT2D eigenvalue weighted by Gasteiger charge is -2.34. The highest BCUT2D eigenvalue weighted by molar-refractivity contribution is 7.99. The van der Waals surface area contributed by atoms with Crippen molar-refractivity contribution in [2.75, 3.05) is 18.8 Å². The minimum atomic E-state index is -0.812. The molecule has 0 bridgehead atoms. The van der Waals surface area contributed by atoms with Crippen molar-refractivity contribution in [3.05, 3.63) is 17.0 Å². The second-order valence-electron chi connectivity index (χ2n) is 5.97. The summed E-state index contributed by atoms with van der Waals surface area (Å²) in [5.41, 5.74) is 1.89. The predicted octanol–water partition coefficient (Wildman–Crippen LogP) is 2.09. The highest BCUT2D eigenvalue weighted by Gasteiger charge is 2.31. The van der Waals surface area contributed by atoms with Crippen LogP contribution >= 0.6 is 11.8 Å². The summed E-state index contributed by atoms with van der Waals surface area (Å²) in [5, 5.41) is 13.1. The van der Waals surface area contributed by atoms with Crippen LogP contribution in [0.1, 0.15) is 30.4 Å². The summed E-state index contributed by atoms with van der Waals surface area (Å²) in [7, 11) is 0. The number of carboxylic acid groups (broad SMARTS) is 1. The third-order valence-corrected chi connectivity index (χ3v) is 4.96. The van der Waals surface area contributed by atoms with Crippen molar-refractivity contribution in [1.29, 1.82) is 0 Å². The SMILES string of the molecule is Cc1noc(C)c1CSCC(=O)N1CC(C)CC(C(=O)O)C1. The van der Waals surface area contributed by atoms with E-state index in [1.165, 1.54) is 11.8 Å². The van der Waals surface area contributed by atoms with Crippen LogP contribution < -0.4 is 0 Å². The fraction of sp³-hybridized carbons (Fsp3) is 0.667. The fourth-order valence-electron chi connectivity index (χ4n) is 2.77. The highest BCUT2D eigenvalue weighted by atomic mass is 32.2. The average molecular weight is 326 g/mol. The standard InChI is InChI=1S/C15H22N2O4S/c1-9-4-12(15(19)20)6-17(5-9)14(18)8-22-7-13-10(2)16-21-11(13)3/h9,12H,4-8H2,1-3H3,(H,19,20). The lowest BCUT2D eigenvalue weighted by Crippen LogP contribution is -2.46. The van der Waals surface area contributed by atoms with Crippen LogP contribution in [0.25, 0.3) is 0 Å². The van der Waals surface area contributed by atoms with E-state index < -0.39 is 11.9 Å². The fourth-order valence-corrected chi connectivity index (χ4v) is 3.85. The summed E-state index contributed by atoms with van der Waals surface area (Å²) in [4.78, 5) is 25.1. The number of thioether (sulfide) groups is 1. The third-order valence-electron chi connectivity index (χ3n) is 4.01. The number of likely N-dealkylation sites (tertiary alicyclic amines) is 1. The van der Waals surface area contributed by atoms with Crippen LogP contribution in [0.5, 0.6) is 0 Å². The molecular weight excluding hydrogens is 304 g/mol. The lowest BCUT2D eigenvalue weighted by atomic mass is 9.90. The summed E-state index contributed by atoms with van der Waals surface area (Å²) in [6.07, 6.45) is 0.644. The number of aliphatic carboxylic acids is 1. The third kappa shape index (κ3) is 4.03. The van der Waals surface area contributed by atoms with Crippen molar-refractivity contribution in [1.82, 2.24) is 10.1 Å². The summed E-state index contributed by atoms with van der Waals surface area (Å²) in [6.45, 7) is 6.71. The van der Waals surface area contributed by atoms with E-state index in [0.29, 0.717) is 31.0 Å². The van der Waals surface area contributed by atoms with Crippen molar-refractivity contribution in [2.45, 2.75) is 32.9 Å². The number of hydrogen-bond acceptors (Lipinski definition) is 5. The summed E-state index contributed by atoms with van der Waals surface area (Å²) < 4.78 is 5.10. The molecule has 1 aliphatic heterocycles. The largest absolute Gasteiger partial charge is 0.481 e. The van der Waals surface area contributed by atoms with Crippen molar-refractivity contribution < 1.29 is 19.2 Å². The molecule has 1 amide bonds. The van der Waals surface area contributed by atoms with E-state index in [1.807, 2.05) is 20.8 Å². The van der Waals surface area contributed by atoms with Gasteiger partial charge in [0.25, 0.3) is 0 Å². The van der Waals surface area contributed by atoms with Crippen molar-refractivity contribution >= 4 is 23.6 Å². The second-order valence-corrected chi connectivity index (χ2v) is 6.96. The molecule has 7 heteroatoms. The molecule has 0 spiro atoms. The monoisotopic (exact) mass is 326 g/mol. The van der Waals surface area contributed by atoms with Gasteiger partial charge in [-0.2, -0.15) is 0 Å². The van der Waals surface area contributed by atoms with Crippen LogP contribution in [0.2, 0.25) is 0 Å². The molecule has 1 aromatic heterocycles. The minimum absolute atomic E-state index is 0.00885. The first kappa shape index (κ1) is 16.9. The van der Waals surface area contributed by atoms with Crippen molar-refractivity contribution in [2.24, 2.45) is 11.8 Å². The first-order valence-corrected chi connectivity index (χ1v) is 8.54. The molecule has 0 radical (unpaired) electrons. The van der Waals surface area contributed by atoms with E-state index in [4.69, 9.17) is 9.63 Å². The van der Waals surface area contributed by atoms with E-state index in [9.17, 15) is 9.59 Å². The van der Waals surface area contributed by atoms with Gasteiger partial charge in [0.05, 0.1) is 17.4 Å². The Hall–Kier alpha value is -1.50. The Bertz CT molecular complexity index is 538. The normalized spacial score (nSPS) is 21.9. The molecule has 1 aromatic rings. The first-order chi connectivity index (χ1) is 10.4. The minimum Gasteiger partial charge on any atom is -0.481 e. The lowest BCUT2D eigenvalue weighted by molar-refractivity contribution is -0.146. The number of carboxylic acids is 1. The Labute approximate surface area is 134 Å². The van der Waals surface area contributed by atoms with Gasteiger partial charge in [-0.1, -0.05) is 12.1 Å². The van der Waals surface area contributed by atoms with Crippen LogP contribution in [0.4, 0.5) is 0 Å². The molecule has 2 unspecified atom stereocenters. The van der Waals surface area contributed by atoms with Gasteiger partial charge in [-0.25, -0.2) is 0 Å². The molecule has 22 heavy (non-hydrogen) atoms. The molecule has 2 heterocycles. The molecule has 6 nitrogen and oxygen atoms in total. The molecule has 1 N–H and O–H groups in total. The van der Waals surface area contributed by atoms with Crippen molar-refractivity contribution in [3.63, 3.8) is 0 Å². The van der Waals surface area contributed by atoms with Gasteiger partial charge in [0.2, 0.25) is 5.91 Å². The van der Waals surface area contributed by atoms with E-state index in [2.05, 4.69) is 5.16 Å². The van der Waals surface area contributed by atoms with Gasteiger partial charge < -0.3 is 14.5 Å². The average Bonchev–Trinajstić information content (AvgIpc) is 2.78. The van der Waals surface area contributed by atoms with Gasteiger partial charge in [0, 0.05) is 24.4 Å². The number of rotatable bonds is 5. The zero-order valence-corrected chi connectivity index (χ0v) is 14.0. The summed E-state index contributed by atoms with van der Waals surface area (Å²) in [5.74, 6) is 0.797. The molecule has 2 atom stereocenters. The summed E-state index contributed by atoms with van der Waals surface area (Å²) >= 11 is 1.51. The topological polar surface area (TPSA) is 83.6 Å². The molecule has 2 rings (SSSR count). The number of carbonyl (C=O) groups is 2. The molecule has 0 saturated carbocycles. The molecule has 0 aliphatic carbocycles. The van der Waals surface area contributed by atoms with E-state index in [-0.39, 0.29) is 11.8 Å². The smallest absolute Gasteiger partial charge is 0.308 e. The van der Waals surface area contributed by atoms with Gasteiger partial charge in [0.1, 0.15) is 5.76 Å². The number of nitrogens with zero attached hydrogens (tertiary/aromatic N) is 2. The maximum Gasteiger partial charge on any atom is 0.308 e. The number of aryl methyl sites for hydroxylation is 2. The van der Waals surface area contributed by atoms with E-state index in [0.717, 1.165) is 17.0 Å². The van der Waals surface area contributed by atoms with Gasteiger partial charge in [-0.15, -0.1) is 11.8 Å². The Morgan fingerprint density at radius 1 is 1.41 bits per heavy atom. The van der Waals surface area contributed by atoms with Crippen LogP contribution in [0.3, 0.4) is 0 Å². The maximum absolute atomic E-state index is 12.3. The Balaban J connectivity index is 1.85. The Morgan fingerprint density at radius 3 is 2.73 bits per heavy atom. The number of piperidine rings is 1. The summed E-state index contributed by atoms with van der Waals surface area (Å²) in [6, 6.07) is 0. The molecule has 1 fully saturated rings. The zero-order valence-electron chi connectivity index (χ0n) is 13.2. The van der Waals surface area contributed by atoms with Crippen LogP contribution in [-0.4, -0.2) is 45.9 Å². The zero-order chi connectivity index (χ0) is 16.3. The second kappa shape index (κ2) is 7.17. The van der Waals surface area contributed by atoms with Gasteiger partial charge in [0.15, 0.2) is 0 Å². The maximum atomic E-state index is 12.3. The van der Waals surface area contributed by atoms with Gasteiger partial charge >= 0.3 is 5.97 Å². The van der Waals surface area contributed by atoms with Gasteiger partial charge in [-0.05, 0) is 26.2 Å². The van der Waals surface area contributed by atoms with E-state index >= 15 is 0 Å².